The van der Waals surface area contributed by atoms with Crippen LogP contribution in [0.15, 0.2) is 60.8 Å². The molecule has 346 valence electrons. The van der Waals surface area contributed by atoms with Crippen molar-refractivity contribution in [3.63, 3.8) is 0 Å². The van der Waals surface area contributed by atoms with Crippen LogP contribution < -0.4 is 0 Å². The van der Waals surface area contributed by atoms with Gasteiger partial charge >= 0.3 is 27.6 Å². The summed E-state index contributed by atoms with van der Waals surface area (Å²) >= 11 is 0. The van der Waals surface area contributed by atoms with Gasteiger partial charge in [0.1, 0.15) is 12.7 Å². The fourth-order valence-electron chi connectivity index (χ4n) is 5.83. The lowest BCUT2D eigenvalue weighted by atomic mass is 10.0. The molecule has 4 N–H and O–H groups in total. The summed E-state index contributed by atoms with van der Waals surface area (Å²) < 4.78 is 53.4. The van der Waals surface area contributed by atoms with Crippen LogP contribution in [0.25, 0.3) is 0 Å². The number of epoxide rings is 1. The second kappa shape index (κ2) is 35.3. The summed E-state index contributed by atoms with van der Waals surface area (Å²) in [6.07, 6.45) is 37.1. The van der Waals surface area contributed by atoms with Gasteiger partial charge in [-0.2, -0.15) is 0 Å². The van der Waals surface area contributed by atoms with E-state index in [1.54, 1.807) is 0 Å². The summed E-state index contributed by atoms with van der Waals surface area (Å²) in [6.45, 7) is 3.83. The summed E-state index contributed by atoms with van der Waals surface area (Å²) in [5.74, 6) is -0.375. The van der Waals surface area contributed by atoms with E-state index in [4.69, 9.17) is 28.5 Å². The number of phosphoric ester groups is 2. The van der Waals surface area contributed by atoms with Crippen LogP contribution in [0.3, 0.4) is 0 Å². The second-order valence-electron chi connectivity index (χ2n) is 15.5. The highest BCUT2D eigenvalue weighted by molar-refractivity contribution is 7.47. The van der Waals surface area contributed by atoms with Crippen molar-refractivity contribution in [2.45, 2.75) is 174 Å². The number of hydrogen-bond acceptors (Lipinski definition) is 11. The molecule has 1 heterocycles. The molecule has 14 nitrogen and oxygen atoms in total. The third kappa shape index (κ3) is 36.4. The van der Waals surface area contributed by atoms with E-state index in [-0.39, 0.29) is 12.8 Å². The van der Waals surface area contributed by atoms with Gasteiger partial charge < -0.3 is 34.0 Å². The smallest absolute Gasteiger partial charge is 0.462 e. The number of aliphatic hydroxyl groups is 1. The number of phosphoric acid groups is 2. The molecule has 1 saturated heterocycles. The first-order valence-corrected chi connectivity index (χ1v) is 25.0. The van der Waals surface area contributed by atoms with Gasteiger partial charge in [0, 0.05) is 12.8 Å². The molecule has 0 saturated carbocycles. The Hall–Kier alpha value is -2.22. The van der Waals surface area contributed by atoms with Crippen molar-refractivity contribution in [3.05, 3.63) is 60.8 Å². The molecule has 0 aromatic rings. The predicted octanol–water partition coefficient (Wildman–Crippen LogP) is 10.1. The first-order valence-electron chi connectivity index (χ1n) is 22.0. The molecular weight excluding hydrogens is 814 g/mol. The monoisotopic (exact) mass is 890 g/mol. The molecule has 0 aromatic carbocycles. The Labute approximate surface area is 359 Å². The number of ether oxygens (including phenoxy) is 3. The minimum absolute atomic E-state index is 0.0652. The minimum Gasteiger partial charge on any atom is -0.462 e. The largest absolute Gasteiger partial charge is 0.472 e. The van der Waals surface area contributed by atoms with E-state index in [1.165, 1.54) is 38.5 Å². The van der Waals surface area contributed by atoms with Crippen LogP contribution >= 0.6 is 15.6 Å². The van der Waals surface area contributed by atoms with Gasteiger partial charge in [-0.05, 0) is 57.3 Å². The van der Waals surface area contributed by atoms with Gasteiger partial charge in [0.25, 0.3) is 0 Å². The molecule has 16 heteroatoms. The van der Waals surface area contributed by atoms with E-state index in [9.17, 15) is 28.7 Å². The third-order valence-electron chi connectivity index (χ3n) is 9.25. The molecule has 0 bridgehead atoms. The highest BCUT2D eigenvalue weighted by atomic mass is 31.2. The van der Waals surface area contributed by atoms with E-state index in [1.807, 2.05) is 18.2 Å². The van der Waals surface area contributed by atoms with Gasteiger partial charge in [-0.1, -0.05) is 146 Å². The number of allylic oxidation sites excluding steroid dienone is 8. The Bertz CT molecular complexity index is 1370. The molecule has 1 aliphatic heterocycles. The van der Waals surface area contributed by atoms with Crippen LogP contribution in [0.2, 0.25) is 0 Å². The summed E-state index contributed by atoms with van der Waals surface area (Å²) in [7, 11) is -9.70. The van der Waals surface area contributed by atoms with Crippen LogP contribution in [0.1, 0.15) is 149 Å². The zero-order chi connectivity index (χ0) is 44.3. The predicted molar refractivity (Wildman–Crippen MR) is 234 cm³/mol. The van der Waals surface area contributed by atoms with E-state index in [0.717, 1.165) is 63.7 Å². The molecule has 1 aliphatic rings. The fraction of sp³-hybridized carbons (Fsp3) is 0.727. The van der Waals surface area contributed by atoms with Gasteiger partial charge in [0.2, 0.25) is 0 Å². The maximum Gasteiger partial charge on any atom is 0.472 e. The van der Waals surface area contributed by atoms with E-state index in [0.29, 0.717) is 31.5 Å². The van der Waals surface area contributed by atoms with Crippen molar-refractivity contribution < 1.29 is 66.3 Å². The van der Waals surface area contributed by atoms with Crippen molar-refractivity contribution in [1.29, 1.82) is 0 Å². The molecule has 1 rings (SSSR count). The Morgan fingerprint density at radius 1 is 0.617 bits per heavy atom. The van der Waals surface area contributed by atoms with Crippen molar-refractivity contribution >= 4 is 27.6 Å². The fourth-order valence-corrected chi connectivity index (χ4v) is 6.99. The number of rotatable bonds is 39. The number of esters is 2. The number of carbonyl (C=O) groups is 2. The van der Waals surface area contributed by atoms with Gasteiger partial charge in [-0.15, -0.1) is 0 Å². The SMILES string of the molecule is CC/C=C\CC1OC1C/C=C\C/C=C\C/C=C\C/C=C\CCC(=O)OC[C@H](COP(=O)(O)OC[C@@H](O)COP(=O)(O)O)OC(=O)CCCCCCCCCCCCC(C)C. The molecule has 0 aromatic heterocycles. The first kappa shape index (κ1) is 55.8. The van der Waals surface area contributed by atoms with E-state index >= 15 is 0 Å². The van der Waals surface area contributed by atoms with Gasteiger partial charge in [-0.3, -0.25) is 23.2 Å². The van der Waals surface area contributed by atoms with E-state index < -0.39 is 66.2 Å². The Morgan fingerprint density at radius 3 is 1.68 bits per heavy atom. The number of hydrogen-bond donors (Lipinski definition) is 4. The molecule has 0 radical (unpaired) electrons. The molecule has 5 atom stereocenters. The van der Waals surface area contributed by atoms with Crippen LogP contribution in [0.5, 0.6) is 0 Å². The van der Waals surface area contributed by atoms with Crippen molar-refractivity contribution in [2.24, 2.45) is 5.92 Å². The molecule has 60 heavy (non-hydrogen) atoms. The number of carbonyl (C=O) groups excluding carboxylic acids is 2. The van der Waals surface area contributed by atoms with Crippen LogP contribution in [-0.2, 0) is 46.5 Å². The molecular formula is C44H76O14P2. The Kier molecular flexibility index (Phi) is 32.8. The minimum atomic E-state index is -4.87. The van der Waals surface area contributed by atoms with Gasteiger partial charge in [0.15, 0.2) is 6.10 Å². The van der Waals surface area contributed by atoms with Crippen molar-refractivity contribution in [1.82, 2.24) is 0 Å². The normalized spacial score (nSPS) is 18.1. The summed E-state index contributed by atoms with van der Waals surface area (Å²) in [6, 6.07) is 0. The summed E-state index contributed by atoms with van der Waals surface area (Å²) in [5.41, 5.74) is 0. The Morgan fingerprint density at radius 2 is 1.12 bits per heavy atom. The van der Waals surface area contributed by atoms with Gasteiger partial charge in [-0.25, -0.2) is 9.13 Å². The maximum absolute atomic E-state index is 12.6. The van der Waals surface area contributed by atoms with Crippen LogP contribution in [0, 0.1) is 5.92 Å². The van der Waals surface area contributed by atoms with Crippen molar-refractivity contribution in [2.75, 3.05) is 26.4 Å². The zero-order valence-electron chi connectivity index (χ0n) is 36.4. The number of unbranched alkanes of at least 4 members (excludes halogenated alkanes) is 9. The lowest BCUT2D eigenvalue weighted by Crippen LogP contribution is -2.29. The Balaban J connectivity index is 2.39. The first-order chi connectivity index (χ1) is 28.7. The van der Waals surface area contributed by atoms with Crippen molar-refractivity contribution in [3.8, 4) is 0 Å². The molecule has 0 spiro atoms. The summed E-state index contributed by atoms with van der Waals surface area (Å²) in [4.78, 5) is 52.7. The number of aliphatic hydroxyl groups excluding tert-OH is 1. The van der Waals surface area contributed by atoms with E-state index in [2.05, 4.69) is 72.4 Å². The average Bonchev–Trinajstić information content (AvgIpc) is 3.95. The zero-order valence-corrected chi connectivity index (χ0v) is 38.2. The average molecular weight is 891 g/mol. The molecule has 0 amide bonds. The van der Waals surface area contributed by atoms with Crippen LogP contribution in [-0.4, -0.2) is 82.6 Å². The lowest BCUT2D eigenvalue weighted by molar-refractivity contribution is -0.161. The summed E-state index contributed by atoms with van der Waals surface area (Å²) in [5, 5.41) is 9.74. The second-order valence-corrected chi connectivity index (χ2v) is 18.2. The third-order valence-corrected chi connectivity index (χ3v) is 10.7. The quantitative estimate of drug-likeness (QED) is 0.0149. The highest BCUT2D eigenvalue weighted by Crippen LogP contribution is 2.44. The van der Waals surface area contributed by atoms with Gasteiger partial charge in [0.05, 0.1) is 32.0 Å². The molecule has 1 fully saturated rings. The lowest BCUT2D eigenvalue weighted by Gasteiger charge is -2.20. The molecule has 0 aliphatic carbocycles. The van der Waals surface area contributed by atoms with Crippen LogP contribution in [0.4, 0.5) is 0 Å². The maximum atomic E-state index is 12.6. The highest BCUT2D eigenvalue weighted by Gasteiger charge is 2.36. The topological polar surface area (TPSA) is 208 Å². The molecule has 3 unspecified atom stereocenters. The standard InChI is InChI=1S/C44H76O14P2/c1-4-5-24-30-41-42(58-41)31-26-21-17-13-8-6-7-9-14-18-22-27-32-43(46)53-36-40(37-56-60(51,52)55-35-39(45)34-54-59(48,49)50)57-44(47)33-28-23-19-15-11-10-12-16-20-25-29-38(2)3/h5,7-9,13,18,21-22,24,26,38-42,45H,4,6,10-12,14-17,19-20,23,25,27-37H2,1-3H3,(H,51,52)(H2,48,49,50)/b9-7-,13-8-,22-18-,24-5-,26-21-/t39-,40+,41?,42?/m0/s1.